The number of aryl methyl sites for hydroxylation is 1. The summed E-state index contributed by atoms with van der Waals surface area (Å²) in [5.41, 5.74) is 0.751. The molecule has 184 valence electrons. The molecule has 35 heavy (non-hydrogen) atoms. The lowest BCUT2D eigenvalue weighted by Gasteiger charge is -2.34. The molecule has 2 fully saturated rings. The van der Waals surface area contributed by atoms with Crippen LogP contribution in [-0.2, 0) is 31.6 Å². The van der Waals surface area contributed by atoms with E-state index in [-0.39, 0.29) is 29.3 Å². The third-order valence-electron chi connectivity index (χ3n) is 7.17. The van der Waals surface area contributed by atoms with Gasteiger partial charge >= 0.3 is 6.03 Å². The minimum Gasteiger partial charge on any atom is -0.341 e. The van der Waals surface area contributed by atoms with Gasteiger partial charge in [-0.2, -0.15) is 0 Å². The van der Waals surface area contributed by atoms with Crippen LogP contribution in [0.25, 0.3) is 0 Å². The number of carbonyl (C=O) groups is 3. The number of amides is 4. The number of nitrogens with one attached hydrogen (secondary N) is 2. The van der Waals surface area contributed by atoms with Crippen LogP contribution < -0.4 is 10.0 Å². The Morgan fingerprint density at radius 3 is 2.46 bits per heavy atom. The summed E-state index contributed by atoms with van der Waals surface area (Å²) in [6, 6.07) is 15.0. The number of rotatable bonds is 5. The van der Waals surface area contributed by atoms with E-state index in [0.29, 0.717) is 32.4 Å². The molecule has 5 rings (SSSR count). The van der Waals surface area contributed by atoms with Crippen LogP contribution in [0.2, 0.25) is 0 Å². The molecular formula is C25H28N4O5S. The number of sulfonamides is 1. The van der Waals surface area contributed by atoms with Crippen molar-refractivity contribution in [3.63, 3.8) is 0 Å². The summed E-state index contributed by atoms with van der Waals surface area (Å²) in [5, 5.41) is 2.87. The van der Waals surface area contributed by atoms with Crippen LogP contribution in [0.4, 0.5) is 4.79 Å². The normalized spacial score (nSPS) is 22.9. The van der Waals surface area contributed by atoms with Crippen molar-refractivity contribution in [1.82, 2.24) is 19.8 Å². The highest BCUT2D eigenvalue weighted by molar-refractivity contribution is 7.89. The zero-order valence-electron chi connectivity index (χ0n) is 19.3. The molecule has 1 atom stereocenters. The van der Waals surface area contributed by atoms with E-state index in [0.717, 1.165) is 28.9 Å². The maximum Gasteiger partial charge on any atom is 0.325 e. The van der Waals surface area contributed by atoms with Crippen molar-refractivity contribution in [2.24, 2.45) is 0 Å². The first kappa shape index (κ1) is 23.5. The predicted molar refractivity (Wildman–Crippen MR) is 128 cm³/mol. The number of likely N-dealkylation sites (tertiary alicyclic amines) is 1. The Morgan fingerprint density at radius 2 is 1.71 bits per heavy atom. The number of fused-ring (bicyclic) bond motifs is 2. The molecule has 0 radical (unpaired) electrons. The monoisotopic (exact) mass is 496 g/mol. The highest BCUT2D eigenvalue weighted by Gasteiger charge is 2.54. The number of piperidine rings is 1. The number of urea groups is 1. The van der Waals surface area contributed by atoms with Crippen LogP contribution in [0.1, 0.15) is 36.8 Å². The molecule has 0 aromatic heterocycles. The molecule has 2 saturated heterocycles. The first-order chi connectivity index (χ1) is 16.8. The van der Waals surface area contributed by atoms with Crippen LogP contribution in [0.5, 0.6) is 0 Å². The molecule has 1 aliphatic carbocycles. The van der Waals surface area contributed by atoms with Gasteiger partial charge in [0.2, 0.25) is 15.9 Å². The minimum absolute atomic E-state index is 0.204. The molecule has 4 amide bonds. The van der Waals surface area contributed by atoms with E-state index < -0.39 is 21.6 Å². The Balaban J connectivity index is 1.21. The molecule has 9 nitrogen and oxygen atoms in total. The van der Waals surface area contributed by atoms with Gasteiger partial charge in [0.15, 0.2) is 0 Å². The van der Waals surface area contributed by atoms with E-state index in [1.807, 2.05) is 24.3 Å². The molecule has 2 aromatic rings. The molecule has 2 heterocycles. The van der Waals surface area contributed by atoms with Crippen LogP contribution >= 0.6 is 0 Å². The lowest BCUT2D eigenvalue weighted by Crippen LogP contribution is -2.50. The first-order valence-corrected chi connectivity index (χ1v) is 13.4. The van der Waals surface area contributed by atoms with Crippen molar-refractivity contribution < 1.29 is 22.8 Å². The van der Waals surface area contributed by atoms with Crippen molar-refractivity contribution in [1.29, 1.82) is 0 Å². The van der Waals surface area contributed by atoms with Crippen molar-refractivity contribution >= 4 is 27.9 Å². The van der Waals surface area contributed by atoms with E-state index in [4.69, 9.17) is 0 Å². The molecule has 2 aliphatic heterocycles. The quantitative estimate of drug-likeness (QED) is 0.612. The Morgan fingerprint density at radius 1 is 1.03 bits per heavy atom. The van der Waals surface area contributed by atoms with Gasteiger partial charge in [-0.15, -0.1) is 0 Å². The van der Waals surface area contributed by atoms with Gasteiger partial charge < -0.3 is 10.2 Å². The van der Waals surface area contributed by atoms with Gasteiger partial charge in [-0.25, -0.2) is 17.9 Å². The maximum atomic E-state index is 13.4. The molecule has 0 bridgehead atoms. The molecule has 3 aliphatic rings. The fraction of sp³-hybridized carbons (Fsp3) is 0.400. The van der Waals surface area contributed by atoms with Crippen molar-refractivity contribution in [2.45, 2.75) is 48.6 Å². The van der Waals surface area contributed by atoms with E-state index in [9.17, 15) is 22.8 Å². The first-order valence-electron chi connectivity index (χ1n) is 11.9. The zero-order valence-corrected chi connectivity index (χ0v) is 20.1. The van der Waals surface area contributed by atoms with E-state index >= 15 is 0 Å². The molecule has 2 N–H and O–H groups in total. The van der Waals surface area contributed by atoms with Crippen molar-refractivity contribution in [3.05, 3.63) is 65.7 Å². The van der Waals surface area contributed by atoms with Crippen LogP contribution in [0.3, 0.4) is 0 Å². The average Bonchev–Trinajstić information content (AvgIpc) is 3.09. The smallest absolute Gasteiger partial charge is 0.325 e. The second kappa shape index (κ2) is 9.09. The Labute approximate surface area is 204 Å². The number of nitrogens with zero attached hydrogens (tertiary/aromatic N) is 2. The highest BCUT2D eigenvalue weighted by atomic mass is 32.2. The lowest BCUT2D eigenvalue weighted by atomic mass is 9.76. The molecule has 10 heteroatoms. The van der Waals surface area contributed by atoms with E-state index in [1.165, 1.54) is 12.1 Å². The van der Waals surface area contributed by atoms with Gasteiger partial charge in [-0.3, -0.25) is 14.5 Å². The summed E-state index contributed by atoms with van der Waals surface area (Å²) >= 11 is 0. The van der Waals surface area contributed by atoms with Gasteiger partial charge in [-0.05, 0) is 55.4 Å². The second-order valence-corrected chi connectivity index (χ2v) is 11.0. The number of carbonyl (C=O) groups excluding carboxylic acids is 3. The number of imide groups is 1. The summed E-state index contributed by atoms with van der Waals surface area (Å²) in [5.74, 6) is -0.701. The van der Waals surface area contributed by atoms with E-state index in [1.54, 1.807) is 23.1 Å². The van der Waals surface area contributed by atoms with Crippen molar-refractivity contribution in [3.8, 4) is 0 Å². The summed E-state index contributed by atoms with van der Waals surface area (Å²) in [6.07, 6.45) is 3.04. The number of benzene rings is 2. The third kappa shape index (κ3) is 4.32. The minimum atomic E-state index is -3.63. The Hall–Kier alpha value is -3.24. The summed E-state index contributed by atoms with van der Waals surface area (Å²) < 4.78 is 27.9. The largest absolute Gasteiger partial charge is 0.341 e. The summed E-state index contributed by atoms with van der Waals surface area (Å²) in [7, 11) is -3.63. The highest BCUT2D eigenvalue weighted by Crippen LogP contribution is 2.39. The average molecular weight is 497 g/mol. The zero-order chi connectivity index (χ0) is 24.6. The van der Waals surface area contributed by atoms with Crippen molar-refractivity contribution in [2.75, 3.05) is 19.6 Å². The third-order valence-corrected chi connectivity index (χ3v) is 8.70. The molecular weight excluding hydrogens is 468 g/mol. The number of hydrogen-bond donors (Lipinski definition) is 2. The van der Waals surface area contributed by atoms with Crippen LogP contribution in [0.15, 0.2) is 59.5 Å². The van der Waals surface area contributed by atoms with Crippen LogP contribution in [-0.4, -0.2) is 61.7 Å². The molecule has 1 spiro atoms. The Kier molecular flexibility index (Phi) is 6.10. The van der Waals surface area contributed by atoms with Gasteiger partial charge in [0.05, 0.1) is 4.90 Å². The topological polar surface area (TPSA) is 116 Å². The SMILES string of the molecule is O=C(CN1C(=O)N[C@@]2(CCCc3ccccc32)C1=O)N1CCC(NS(=O)(=O)c2ccccc2)CC1. The fourth-order valence-electron chi connectivity index (χ4n) is 5.32. The standard InChI is InChI=1S/C25H28N4O5S/c30-22(28-15-12-19(13-16-28)27-35(33,34)20-9-2-1-3-10-20)17-29-23(31)25(26-24(29)32)14-6-8-18-7-4-5-11-21(18)25/h1-5,7,9-11,19,27H,6,8,12-17H2,(H,26,32)/t25-/m1/s1. The Bertz CT molecular complexity index is 1260. The van der Waals surface area contributed by atoms with Gasteiger partial charge in [0, 0.05) is 19.1 Å². The summed E-state index contributed by atoms with van der Waals surface area (Å²) in [4.78, 5) is 42.0. The number of hydrogen-bond acceptors (Lipinski definition) is 5. The summed E-state index contributed by atoms with van der Waals surface area (Å²) in [6.45, 7) is 0.367. The maximum absolute atomic E-state index is 13.4. The van der Waals surface area contributed by atoms with Crippen LogP contribution in [0, 0.1) is 0 Å². The van der Waals surface area contributed by atoms with E-state index in [2.05, 4.69) is 10.0 Å². The van der Waals surface area contributed by atoms with Gasteiger partial charge in [-0.1, -0.05) is 42.5 Å². The molecule has 0 saturated carbocycles. The fourth-order valence-corrected chi connectivity index (χ4v) is 6.65. The lowest BCUT2D eigenvalue weighted by molar-refractivity contribution is -0.140. The van der Waals surface area contributed by atoms with Gasteiger partial charge in [0.25, 0.3) is 5.91 Å². The molecule has 0 unspecified atom stereocenters. The second-order valence-electron chi connectivity index (χ2n) is 9.33. The van der Waals surface area contributed by atoms with Gasteiger partial charge in [0.1, 0.15) is 12.1 Å². The predicted octanol–water partition coefficient (Wildman–Crippen LogP) is 1.74. The molecule has 2 aromatic carbocycles.